The van der Waals surface area contributed by atoms with E-state index in [-0.39, 0.29) is 12.6 Å². The molecular formula is C8H14N2OS. The summed E-state index contributed by atoms with van der Waals surface area (Å²) < 4.78 is 0. The van der Waals surface area contributed by atoms with Crippen LogP contribution in [0.1, 0.15) is 30.6 Å². The highest BCUT2D eigenvalue weighted by atomic mass is 32.1. The van der Waals surface area contributed by atoms with Gasteiger partial charge in [0, 0.05) is 11.4 Å². The van der Waals surface area contributed by atoms with E-state index in [2.05, 4.69) is 24.1 Å². The Morgan fingerprint density at radius 1 is 1.75 bits per heavy atom. The average molecular weight is 186 g/mol. The van der Waals surface area contributed by atoms with E-state index in [0.29, 0.717) is 0 Å². The molecule has 0 aliphatic rings. The molecule has 0 bridgehead atoms. The molecule has 12 heavy (non-hydrogen) atoms. The molecule has 4 heteroatoms. The predicted octanol–water partition coefficient (Wildman–Crippen LogP) is 1.31. The van der Waals surface area contributed by atoms with Gasteiger partial charge >= 0.3 is 0 Å². The van der Waals surface area contributed by atoms with Crippen LogP contribution >= 0.6 is 11.3 Å². The maximum Gasteiger partial charge on any atom is 0.118 e. The lowest BCUT2D eigenvalue weighted by molar-refractivity contribution is 0.280. The molecule has 1 aromatic rings. The normalized spacial score (nSPS) is 13.2. The number of rotatable bonds is 4. The van der Waals surface area contributed by atoms with E-state index in [1.54, 1.807) is 0 Å². The maximum absolute atomic E-state index is 8.79. The Morgan fingerprint density at radius 3 is 3.00 bits per heavy atom. The van der Waals surface area contributed by atoms with Crippen molar-refractivity contribution in [2.75, 3.05) is 6.54 Å². The molecule has 0 saturated carbocycles. The number of hydrogen-bond acceptors (Lipinski definition) is 4. The highest BCUT2D eigenvalue weighted by Gasteiger charge is 2.07. The molecule has 3 nitrogen and oxygen atoms in total. The lowest BCUT2D eigenvalue weighted by Crippen LogP contribution is -2.17. The molecule has 0 aliphatic carbocycles. The number of aliphatic hydroxyl groups excluding tert-OH is 1. The number of hydrogen-bond donors (Lipinski definition) is 2. The Balaban J connectivity index is 2.61. The van der Waals surface area contributed by atoms with E-state index < -0.39 is 0 Å². The van der Waals surface area contributed by atoms with Gasteiger partial charge in [-0.2, -0.15) is 0 Å². The van der Waals surface area contributed by atoms with Crippen molar-refractivity contribution < 1.29 is 5.11 Å². The van der Waals surface area contributed by atoms with Crippen molar-refractivity contribution in [3.05, 3.63) is 16.1 Å². The van der Waals surface area contributed by atoms with Crippen molar-refractivity contribution in [3.63, 3.8) is 0 Å². The van der Waals surface area contributed by atoms with Gasteiger partial charge in [-0.05, 0) is 13.5 Å². The van der Waals surface area contributed by atoms with Gasteiger partial charge in [0.25, 0.3) is 0 Å². The van der Waals surface area contributed by atoms with Crippen LogP contribution in [0.25, 0.3) is 0 Å². The molecular weight excluding hydrogens is 172 g/mol. The molecule has 0 spiro atoms. The summed E-state index contributed by atoms with van der Waals surface area (Å²) in [6.07, 6.45) is 0. The first-order chi connectivity index (χ1) is 5.77. The molecule has 0 amide bonds. The van der Waals surface area contributed by atoms with Gasteiger partial charge in [-0.1, -0.05) is 6.92 Å². The smallest absolute Gasteiger partial charge is 0.118 e. The van der Waals surface area contributed by atoms with Crippen LogP contribution in [-0.2, 0) is 6.61 Å². The number of aliphatic hydroxyl groups is 1. The fraction of sp³-hybridized carbons (Fsp3) is 0.625. The van der Waals surface area contributed by atoms with E-state index >= 15 is 0 Å². The third-order valence-electron chi connectivity index (χ3n) is 1.66. The van der Waals surface area contributed by atoms with Crippen LogP contribution in [0.4, 0.5) is 0 Å². The van der Waals surface area contributed by atoms with Crippen LogP contribution in [0, 0.1) is 0 Å². The summed E-state index contributed by atoms with van der Waals surface area (Å²) in [6, 6.07) is 0.284. The van der Waals surface area contributed by atoms with Crippen LogP contribution in [-0.4, -0.2) is 16.6 Å². The Labute approximate surface area is 76.5 Å². The van der Waals surface area contributed by atoms with Gasteiger partial charge in [0.15, 0.2) is 0 Å². The molecule has 0 radical (unpaired) electrons. The van der Waals surface area contributed by atoms with Crippen molar-refractivity contribution in [3.8, 4) is 0 Å². The van der Waals surface area contributed by atoms with E-state index in [1.807, 2.05) is 5.38 Å². The first-order valence-corrected chi connectivity index (χ1v) is 4.94. The van der Waals surface area contributed by atoms with Crippen molar-refractivity contribution in [2.24, 2.45) is 0 Å². The summed E-state index contributed by atoms with van der Waals surface area (Å²) in [7, 11) is 0. The molecule has 0 aromatic carbocycles. The number of nitrogens with zero attached hydrogens (tertiary/aromatic N) is 1. The molecule has 1 heterocycles. The molecule has 0 fully saturated rings. The second-order valence-electron chi connectivity index (χ2n) is 2.60. The van der Waals surface area contributed by atoms with E-state index in [1.165, 1.54) is 11.3 Å². The van der Waals surface area contributed by atoms with Crippen molar-refractivity contribution in [1.82, 2.24) is 10.3 Å². The standard InChI is InChI=1S/C8H14N2OS/c1-3-9-6(2)7-5-12-8(4-11)10-7/h5-6,9,11H,3-4H2,1-2H3. The van der Waals surface area contributed by atoms with E-state index in [0.717, 1.165) is 17.2 Å². The Kier molecular flexibility index (Phi) is 3.65. The summed E-state index contributed by atoms with van der Waals surface area (Å²) in [4.78, 5) is 4.25. The number of aromatic nitrogens is 1. The third-order valence-corrected chi connectivity index (χ3v) is 2.51. The second-order valence-corrected chi connectivity index (χ2v) is 3.55. The molecule has 1 unspecified atom stereocenters. The van der Waals surface area contributed by atoms with Crippen molar-refractivity contribution in [2.45, 2.75) is 26.5 Å². The lowest BCUT2D eigenvalue weighted by atomic mass is 10.2. The predicted molar refractivity (Wildman–Crippen MR) is 50.1 cm³/mol. The Morgan fingerprint density at radius 2 is 2.50 bits per heavy atom. The van der Waals surface area contributed by atoms with Gasteiger partial charge in [-0.15, -0.1) is 11.3 Å². The first kappa shape index (κ1) is 9.64. The Hall–Kier alpha value is -0.450. The first-order valence-electron chi connectivity index (χ1n) is 4.06. The summed E-state index contributed by atoms with van der Waals surface area (Å²) in [5.74, 6) is 0. The lowest BCUT2D eigenvalue weighted by Gasteiger charge is -2.07. The zero-order valence-electron chi connectivity index (χ0n) is 7.37. The number of nitrogens with one attached hydrogen (secondary N) is 1. The quantitative estimate of drug-likeness (QED) is 0.745. The van der Waals surface area contributed by atoms with Crippen LogP contribution in [0.2, 0.25) is 0 Å². The molecule has 2 N–H and O–H groups in total. The summed E-state index contributed by atoms with van der Waals surface area (Å²) in [5, 5.41) is 14.8. The molecule has 1 aromatic heterocycles. The van der Waals surface area contributed by atoms with E-state index in [9.17, 15) is 0 Å². The van der Waals surface area contributed by atoms with E-state index in [4.69, 9.17) is 5.11 Å². The minimum Gasteiger partial charge on any atom is -0.389 e. The maximum atomic E-state index is 8.79. The zero-order valence-corrected chi connectivity index (χ0v) is 8.19. The van der Waals surface area contributed by atoms with Crippen LogP contribution in [0.3, 0.4) is 0 Å². The molecule has 1 atom stereocenters. The second kappa shape index (κ2) is 4.54. The average Bonchev–Trinajstić information content (AvgIpc) is 2.52. The van der Waals surface area contributed by atoms with Crippen molar-refractivity contribution in [1.29, 1.82) is 0 Å². The fourth-order valence-electron chi connectivity index (χ4n) is 1.01. The topological polar surface area (TPSA) is 45.1 Å². The minimum atomic E-state index is 0.0452. The van der Waals surface area contributed by atoms with Crippen LogP contribution in [0.5, 0.6) is 0 Å². The third kappa shape index (κ3) is 2.27. The highest BCUT2D eigenvalue weighted by molar-refractivity contribution is 7.09. The molecule has 0 saturated heterocycles. The molecule has 68 valence electrons. The van der Waals surface area contributed by atoms with Gasteiger partial charge in [0.05, 0.1) is 12.3 Å². The monoisotopic (exact) mass is 186 g/mol. The minimum absolute atomic E-state index is 0.0452. The summed E-state index contributed by atoms with van der Waals surface area (Å²) in [6.45, 7) is 5.12. The molecule has 0 aliphatic heterocycles. The SMILES string of the molecule is CCNC(C)c1csc(CO)n1. The van der Waals surface area contributed by atoms with Crippen molar-refractivity contribution >= 4 is 11.3 Å². The van der Waals surface area contributed by atoms with Crippen LogP contribution in [0.15, 0.2) is 5.38 Å². The van der Waals surface area contributed by atoms with Gasteiger partial charge in [-0.25, -0.2) is 4.98 Å². The van der Waals surface area contributed by atoms with Gasteiger partial charge in [0.2, 0.25) is 0 Å². The largest absolute Gasteiger partial charge is 0.389 e. The molecule has 1 rings (SSSR count). The zero-order chi connectivity index (χ0) is 8.97. The van der Waals surface area contributed by atoms with Gasteiger partial charge in [-0.3, -0.25) is 0 Å². The number of thiazole rings is 1. The highest BCUT2D eigenvalue weighted by Crippen LogP contribution is 2.15. The van der Waals surface area contributed by atoms with Gasteiger partial charge in [0.1, 0.15) is 5.01 Å². The summed E-state index contributed by atoms with van der Waals surface area (Å²) in [5.41, 5.74) is 1.02. The van der Waals surface area contributed by atoms with Crippen LogP contribution < -0.4 is 5.32 Å². The van der Waals surface area contributed by atoms with Gasteiger partial charge < -0.3 is 10.4 Å². The summed E-state index contributed by atoms with van der Waals surface area (Å²) >= 11 is 1.50. The Bertz CT molecular complexity index is 237. The fourth-order valence-corrected chi connectivity index (χ4v) is 1.75.